The molecule has 0 spiro atoms. The second-order valence-electron chi connectivity index (χ2n) is 8.56. The monoisotopic (exact) mass is 526 g/mol. The molecule has 9 heteroatoms. The molecule has 0 fully saturated rings. The molecule has 2 N–H and O–H groups in total. The van der Waals surface area contributed by atoms with Gasteiger partial charge in [-0.2, -0.15) is 11.8 Å². The van der Waals surface area contributed by atoms with Crippen molar-refractivity contribution in [3.05, 3.63) is 83.4 Å². The van der Waals surface area contributed by atoms with E-state index in [0.717, 1.165) is 22.4 Å². The maximum atomic E-state index is 13.2. The van der Waals surface area contributed by atoms with Crippen molar-refractivity contribution in [1.29, 1.82) is 0 Å². The van der Waals surface area contributed by atoms with Gasteiger partial charge in [-0.15, -0.1) is 0 Å². The van der Waals surface area contributed by atoms with Gasteiger partial charge in [0, 0.05) is 17.7 Å². The first-order valence-electron chi connectivity index (χ1n) is 12.0. The predicted octanol–water partition coefficient (Wildman–Crippen LogP) is 0.847. The number of nitrogens with one attached hydrogen (secondary N) is 2. The molecule has 3 rings (SSSR count). The van der Waals surface area contributed by atoms with Crippen molar-refractivity contribution in [2.45, 2.75) is 32.2 Å². The number of thioether (sulfide) groups is 1. The number of aliphatic carboxylic acids is 1. The van der Waals surface area contributed by atoms with Crippen LogP contribution in [0.2, 0.25) is 0 Å². The molecule has 2 amide bonds. The normalized spacial score (nSPS) is 11.1. The third kappa shape index (κ3) is 8.42. The summed E-state index contributed by atoms with van der Waals surface area (Å²) in [5.74, 6) is -0.696. The van der Waals surface area contributed by atoms with E-state index in [4.69, 9.17) is 4.74 Å². The summed E-state index contributed by atoms with van der Waals surface area (Å²) in [5, 5.41) is 17.1. The number of anilines is 1. The molecule has 0 unspecified atom stereocenters. The van der Waals surface area contributed by atoms with Crippen LogP contribution in [-0.4, -0.2) is 42.9 Å². The Morgan fingerprint density at radius 3 is 2.39 bits per heavy atom. The summed E-state index contributed by atoms with van der Waals surface area (Å²) in [4.78, 5) is 37.5. The van der Waals surface area contributed by atoms with Crippen molar-refractivity contribution in [1.82, 2.24) is 5.32 Å². The molecule has 0 aromatic heterocycles. The molecule has 0 bridgehead atoms. The van der Waals surface area contributed by atoms with Gasteiger partial charge < -0.3 is 25.3 Å². The van der Waals surface area contributed by atoms with Crippen LogP contribution in [0.25, 0.3) is 11.1 Å². The molecule has 0 aliphatic heterocycles. The minimum absolute atomic E-state index is 0. The van der Waals surface area contributed by atoms with E-state index in [2.05, 4.69) is 10.6 Å². The molecule has 3 aromatic carbocycles. The van der Waals surface area contributed by atoms with Crippen molar-refractivity contribution in [2.75, 3.05) is 24.4 Å². The van der Waals surface area contributed by atoms with Crippen molar-refractivity contribution in [3.63, 3.8) is 0 Å². The standard InChI is InChI=1S/C29H32N2O5S.Li/c1-19-8-4-6-10-22(19)24-18-21(30-27(32)15-12-20-9-5-7-11-26(20)36-2)13-14-23(24)28(33)31-25(29(34)35)16-17-37-3;/h4-11,13-14,18,25H,12,15-17H2,1-3H3,(H,30,32)(H,31,33)(H,34,35);/q;+1/p-1/t25-;/m0./s1. The number of carboxylic acid groups (broad SMARTS) is 1. The topological polar surface area (TPSA) is 108 Å². The number of benzene rings is 3. The Morgan fingerprint density at radius 2 is 1.71 bits per heavy atom. The second-order valence-corrected chi connectivity index (χ2v) is 9.55. The van der Waals surface area contributed by atoms with E-state index in [9.17, 15) is 19.5 Å². The first kappa shape index (κ1) is 31.0. The minimum atomic E-state index is -1.32. The maximum Gasteiger partial charge on any atom is 1.00 e. The number of rotatable bonds is 12. The van der Waals surface area contributed by atoms with Crippen LogP contribution >= 0.6 is 11.8 Å². The van der Waals surface area contributed by atoms with E-state index in [1.54, 1.807) is 25.3 Å². The summed E-state index contributed by atoms with van der Waals surface area (Å²) in [6.07, 6.45) is 2.90. The summed E-state index contributed by atoms with van der Waals surface area (Å²) in [5.41, 5.74) is 4.15. The second kappa shape index (κ2) is 15.3. The Morgan fingerprint density at radius 1 is 1.00 bits per heavy atom. The van der Waals surface area contributed by atoms with Crippen LogP contribution in [0.15, 0.2) is 66.7 Å². The molecule has 0 saturated carbocycles. The average Bonchev–Trinajstić information content (AvgIpc) is 2.90. The number of carbonyl (C=O) groups excluding carboxylic acids is 3. The molecular formula is C29H31LiN2O5S. The Bertz CT molecular complexity index is 1270. The fourth-order valence-electron chi connectivity index (χ4n) is 4.02. The number of carbonyl (C=O) groups is 3. The van der Waals surface area contributed by atoms with E-state index in [1.165, 1.54) is 11.8 Å². The molecule has 7 nitrogen and oxygen atoms in total. The van der Waals surface area contributed by atoms with Crippen LogP contribution in [0.4, 0.5) is 5.69 Å². The number of amides is 2. The number of carboxylic acids is 1. The van der Waals surface area contributed by atoms with E-state index in [1.807, 2.05) is 61.7 Å². The summed E-state index contributed by atoms with van der Waals surface area (Å²) in [7, 11) is 1.60. The van der Waals surface area contributed by atoms with Gasteiger partial charge in [-0.1, -0.05) is 42.5 Å². The zero-order valence-corrected chi connectivity index (χ0v) is 23.0. The van der Waals surface area contributed by atoms with Gasteiger partial charge in [0.15, 0.2) is 0 Å². The molecule has 0 saturated heterocycles. The van der Waals surface area contributed by atoms with Crippen LogP contribution in [0.1, 0.15) is 34.3 Å². The zero-order valence-electron chi connectivity index (χ0n) is 22.2. The SMILES string of the molecule is COc1ccccc1CCC(=O)Nc1ccc(C(=O)N[C@@H](CCSC)C(=O)[O-])c(-c2ccccc2C)c1.[Li+]. The molecule has 0 radical (unpaired) electrons. The Kier molecular flexibility index (Phi) is 12.5. The van der Waals surface area contributed by atoms with Gasteiger partial charge in [-0.25, -0.2) is 0 Å². The molecule has 194 valence electrons. The number of aryl methyl sites for hydroxylation is 2. The fraction of sp³-hybridized carbons (Fsp3) is 0.276. The number of para-hydroxylation sites is 1. The molecule has 3 aromatic rings. The van der Waals surface area contributed by atoms with Crippen LogP contribution < -0.4 is 39.3 Å². The van der Waals surface area contributed by atoms with Crippen molar-refractivity contribution in [3.8, 4) is 16.9 Å². The Labute approximate surface area is 239 Å². The number of hydrogen-bond donors (Lipinski definition) is 2. The van der Waals surface area contributed by atoms with Crippen molar-refractivity contribution < 1.29 is 43.1 Å². The van der Waals surface area contributed by atoms with Crippen LogP contribution in [0.3, 0.4) is 0 Å². The minimum Gasteiger partial charge on any atom is -0.548 e. The van der Waals surface area contributed by atoms with Gasteiger partial charge in [0.2, 0.25) is 5.91 Å². The van der Waals surface area contributed by atoms with Crippen LogP contribution in [0, 0.1) is 6.92 Å². The molecular weight excluding hydrogens is 495 g/mol. The summed E-state index contributed by atoms with van der Waals surface area (Å²) in [6, 6.07) is 19.0. The Hall–Kier alpha value is -3.18. The van der Waals surface area contributed by atoms with Crippen LogP contribution in [-0.2, 0) is 16.0 Å². The molecule has 0 aliphatic rings. The quantitative estimate of drug-likeness (QED) is 0.339. The molecule has 0 heterocycles. The number of methoxy groups -OCH3 is 1. The molecule has 38 heavy (non-hydrogen) atoms. The van der Waals surface area contributed by atoms with Gasteiger partial charge in [0.05, 0.1) is 19.1 Å². The van der Waals surface area contributed by atoms with Gasteiger partial charge >= 0.3 is 18.9 Å². The van der Waals surface area contributed by atoms with Crippen LogP contribution in [0.5, 0.6) is 5.75 Å². The largest absolute Gasteiger partial charge is 1.00 e. The molecule has 1 atom stereocenters. The van der Waals surface area contributed by atoms with Gasteiger partial charge in [-0.3, -0.25) is 9.59 Å². The summed E-state index contributed by atoms with van der Waals surface area (Å²) in [6.45, 7) is 1.93. The summed E-state index contributed by atoms with van der Waals surface area (Å²) >= 11 is 1.49. The smallest absolute Gasteiger partial charge is 0.548 e. The van der Waals surface area contributed by atoms with E-state index < -0.39 is 17.9 Å². The van der Waals surface area contributed by atoms with Gasteiger partial charge in [-0.05, 0) is 78.3 Å². The van der Waals surface area contributed by atoms with Gasteiger partial charge in [0.25, 0.3) is 5.91 Å². The van der Waals surface area contributed by atoms with E-state index >= 15 is 0 Å². The van der Waals surface area contributed by atoms with Gasteiger partial charge in [0.1, 0.15) is 5.75 Å². The third-order valence-corrected chi connectivity index (χ3v) is 6.64. The van der Waals surface area contributed by atoms with Crippen molar-refractivity contribution in [2.24, 2.45) is 0 Å². The zero-order chi connectivity index (χ0) is 26.8. The van der Waals surface area contributed by atoms with E-state index in [0.29, 0.717) is 29.0 Å². The van der Waals surface area contributed by atoms with E-state index in [-0.39, 0.29) is 37.6 Å². The van der Waals surface area contributed by atoms with Crippen molar-refractivity contribution >= 4 is 35.2 Å². The first-order valence-corrected chi connectivity index (χ1v) is 13.4. The summed E-state index contributed by atoms with van der Waals surface area (Å²) < 4.78 is 5.36. The Balaban J connectivity index is 0.00000507. The number of hydrogen-bond acceptors (Lipinski definition) is 6. The fourth-order valence-corrected chi connectivity index (χ4v) is 4.49. The first-order chi connectivity index (χ1) is 17.8. The average molecular weight is 527 g/mol. The predicted molar refractivity (Wildman–Crippen MR) is 146 cm³/mol. The third-order valence-electron chi connectivity index (χ3n) is 6.00. The number of ether oxygens (including phenoxy) is 1. The maximum absolute atomic E-state index is 13.2. The molecule has 0 aliphatic carbocycles.